The summed E-state index contributed by atoms with van der Waals surface area (Å²) in [6.45, 7) is 9.23. The smallest absolute Gasteiger partial charge is 0.268 e. The Balaban J connectivity index is 0.00000511. The van der Waals surface area contributed by atoms with E-state index in [1.807, 2.05) is 30.5 Å². The molecule has 1 atom stereocenters. The zero-order valence-electron chi connectivity index (χ0n) is 37.1. The number of aromatic nitrogens is 4. The van der Waals surface area contributed by atoms with Gasteiger partial charge in [0.25, 0.3) is 6.33 Å². The third kappa shape index (κ3) is 7.74. The average Bonchev–Trinajstić information content (AvgIpc) is 3.90. The van der Waals surface area contributed by atoms with Crippen molar-refractivity contribution in [2.24, 2.45) is 5.41 Å². The van der Waals surface area contributed by atoms with Gasteiger partial charge in [0.2, 0.25) is 0 Å². The van der Waals surface area contributed by atoms with E-state index in [0.717, 1.165) is 83.4 Å². The molecule has 0 aliphatic carbocycles. The number of fused-ring (bicyclic) bond motifs is 4. The van der Waals surface area contributed by atoms with Crippen LogP contribution in [0.1, 0.15) is 39.2 Å². The zero-order chi connectivity index (χ0) is 44.1. The fourth-order valence-electron chi connectivity index (χ4n) is 9.07. The molecule has 11 aromatic rings. The van der Waals surface area contributed by atoms with Crippen LogP contribution in [-0.2, 0) is 21.1 Å². The quantitative estimate of drug-likeness (QED) is 0.107. The van der Waals surface area contributed by atoms with Gasteiger partial charge in [-0.15, -0.1) is 29.7 Å². The number of imidazole rings is 1. The first-order valence-electron chi connectivity index (χ1n) is 22.2. The van der Waals surface area contributed by atoms with Crippen LogP contribution >= 0.6 is 0 Å². The maximum absolute atomic E-state index is 6.70. The average molecular weight is 1030 g/mol. The molecule has 3 heterocycles. The van der Waals surface area contributed by atoms with Crippen LogP contribution in [0.2, 0.25) is 0 Å². The monoisotopic (exact) mass is 1030 g/mol. The molecule has 0 bridgehead atoms. The summed E-state index contributed by atoms with van der Waals surface area (Å²) in [6, 6.07) is 74.8. The van der Waals surface area contributed by atoms with Gasteiger partial charge in [-0.1, -0.05) is 185 Å². The molecule has 8 aromatic carbocycles. The Bertz CT molecular complexity index is 3460. The van der Waals surface area contributed by atoms with E-state index in [4.69, 9.17) is 9.72 Å². The summed E-state index contributed by atoms with van der Waals surface area (Å²) in [4.78, 5) is 5.16. The first kappa shape index (κ1) is 42.6. The standard InChI is InChI=1S/C60H46N4O.Pt/c1-41(60(2,3)4)52-38-58(61-39-53(52)44-24-12-7-13-25-44)64-54-31-15-14-28-50(54)51-35-34-47(37-57(51)64)65-46-27-18-26-45(36-46)62-40-63(56-33-17-16-32-55(56)62)59-48(42-20-8-5-9-21-42)29-19-30-49(59)43-22-10-6-11-23-43;/h5-35,38-39,41H,1-4H3;/q-2;. The SMILES string of the molecule is CC(c1cc(-n2c3[c-]c(Oc4[c-]c(-n5[c-][n+](-c6c(-c7ccccc7)cccc6-c6ccccc6)c6ccccc65)ccc4)ccc3c3ccccc32)ncc1-c1ccccc1)C(C)(C)C.[Pt]. The second kappa shape index (κ2) is 17.6. The van der Waals surface area contributed by atoms with Crippen molar-refractivity contribution < 1.29 is 30.4 Å². The Morgan fingerprint density at radius 2 is 1.14 bits per heavy atom. The summed E-state index contributed by atoms with van der Waals surface area (Å²) in [5, 5.41) is 2.21. The summed E-state index contributed by atoms with van der Waals surface area (Å²) >= 11 is 0. The van der Waals surface area contributed by atoms with Crippen LogP contribution in [0.15, 0.2) is 200 Å². The molecule has 0 amide bonds. The zero-order valence-corrected chi connectivity index (χ0v) is 39.4. The number of pyridine rings is 1. The Labute approximate surface area is 400 Å². The van der Waals surface area contributed by atoms with Crippen LogP contribution in [0.3, 0.4) is 0 Å². The molecule has 0 spiro atoms. The van der Waals surface area contributed by atoms with Crippen molar-refractivity contribution in [2.45, 2.75) is 33.6 Å². The number of rotatable bonds is 9. The van der Waals surface area contributed by atoms with Crippen LogP contribution in [-0.4, -0.2) is 14.1 Å². The summed E-state index contributed by atoms with van der Waals surface area (Å²) in [7, 11) is 0. The van der Waals surface area contributed by atoms with Crippen molar-refractivity contribution in [3.63, 3.8) is 0 Å². The predicted molar refractivity (Wildman–Crippen MR) is 264 cm³/mol. The van der Waals surface area contributed by atoms with Crippen LogP contribution in [0, 0.1) is 23.9 Å². The molecule has 0 aliphatic rings. The number of nitrogens with zero attached hydrogens (tertiary/aromatic N) is 4. The second-order valence-electron chi connectivity index (χ2n) is 17.7. The Hall–Kier alpha value is -7.33. The van der Waals surface area contributed by atoms with Gasteiger partial charge in [-0.2, -0.15) is 18.2 Å². The van der Waals surface area contributed by atoms with Crippen molar-refractivity contribution >= 4 is 32.8 Å². The molecule has 0 N–H and O–H groups in total. The minimum absolute atomic E-state index is 0. The summed E-state index contributed by atoms with van der Waals surface area (Å²) < 4.78 is 13.2. The van der Waals surface area contributed by atoms with Gasteiger partial charge < -0.3 is 13.9 Å². The largest absolute Gasteiger partial charge is 0.510 e. The fourth-order valence-corrected chi connectivity index (χ4v) is 9.07. The van der Waals surface area contributed by atoms with Crippen molar-refractivity contribution in [3.05, 3.63) is 224 Å². The van der Waals surface area contributed by atoms with Crippen LogP contribution < -0.4 is 9.30 Å². The molecular weight excluding hydrogens is 988 g/mol. The van der Waals surface area contributed by atoms with Gasteiger partial charge >= 0.3 is 0 Å². The Morgan fingerprint density at radius 1 is 0.561 bits per heavy atom. The summed E-state index contributed by atoms with van der Waals surface area (Å²) in [6.07, 6.45) is 5.80. The van der Waals surface area contributed by atoms with Gasteiger partial charge in [-0.25, -0.2) is 4.98 Å². The maximum atomic E-state index is 6.70. The first-order valence-corrected chi connectivity index (χ1v) is 22.2. The third-order valence-electron chi connectivity index (χ3n) is 12.8. The molecule has 0 fully saturated rings. The van der Waals surface area contributed by atoms with Crippen molar-refractivity contribution in [1.82, 2.24) is 14.1 Å². The molecule has 5 nitrogen and oxygen atoms in total. The van der Waals surface area contributed by atoms with Crippen molar-refractivity contribution in [1.29, 1.82) is 0 Å². The number of hydrogen-bond donors (Lipinski definition) is 0. The van der Waals surface area contributed by atoms with Gasteiger partial charge in [-0.3, -0.25) is 4.57 Å². The van der Waals surface area contributed by atoms with Gasteiger partial charge in [0.15, 0.2) is 0 Å². The normalized spacial score (nSPS) is 12.1. The molecule has 0 saturated carbocycles. The molecule has 6 heteroatoms. The van der Waals surface area contributed by atoms with E-state index in [1.54, 1.807) is 0 Å². The molecule has 0 saturated heterocycles. The van der Waals surface area contributed by atoms with Crippen LogP contribution in [0.4, 0.5) is 0 Å². The topological polar surface area (TPSA) is 35.9 Å². The molecular formula is C60H46N4OPt-2. The minimum atomic E-state index is 0. The number of hydrogen-bond acceptors (Lipinski definition) is 2. The van der Waals surface area contributed by atoms with Gasteiger partial charge in [0.05, 0.1) is 16.7 Å². The number of benzene rings is 8. The van der Waals surface area contributed by atoms with Crippen molar-refractivity contribution in [2.75, 3.05) is 0 Å². The molecule has 324 valence electrons. The number of ether oxygens (including phenoxy) is 1. The summed E-state index contributed by atoms with van der Waals surface area (Å²) in [5.41, 5.74) is 13.9. The molecule has 66 heavy (non-hydrogen) atoms. The van der Waals surface area contributed by atoms with E-state index in [9.17, 15) is 0 Å². The molecule has 0 aliphatic heterocycles. The Morgan fingerprint density at radius 3 is 1.80 bits per heavy atom. The van der Waals surface area contributed by atoms with E-state index in [1.165, 1.54) is 5.56 Å². The fraction of sp³-hybridized carbons (Fsp3) is 0.100. The number of para-hydroxylation sites is 4. The van der Waals surface area contributed by atoms with Gasteiger partial charge in [0.1, 0.15) is 5.82 Å². The molecule has 11 rings (SSSR count). The van der Waals surface area contributed by atoms with E-state index in [-0.39, 0.29) is 32.4 Å². The molecule has 1 unspecified atom stereocenters. The van der Waals surface area contributed by atoms with Crippen LogP contribution in [0.25, 0.3) is 83.4 Å². The first-order chi connectivity index (χ1) is 31.8. The maximum Gasteiger partial charge on any atom is 0.268 e. The predicted octanol–water partition coefficient (Wildman–Crippen LogP) is 14.7. The summed E-state index contributed by atoms with van der Waals surface area (Å²) in [5.74, 6) is 2.25. The second-order valence-corrected chi connectivity index (χ2v) is 17.7. The van der Waals surface area contributed by atoms with E-state index in [0.29, 0.717) is 11.5 Å². The van der Waals surface area contributed by atoms with Gasteiger partial charge in [-0.05, 0) is 67.9 Å². The van der Waals surface area contributed by atoms with Crippen molar-refractivity contribution in [3.8, 4) is 62.1 Å². The molecule has 3 aromatic heterocycles. The minimum Gasteiger partial charge on any atom is -0.510 e. The molecule has 0 radical (unpaired) electrons. The van der Waals surface area contributed by atoms with Crippen LogP contribution in [0.5, 0.6) is 11.5 Å². The van der Waals surface area contributed by atoms with E-state index in [2.05, 4.69) is 230 Å². The van der Waals surface area contributed by atoms with Gasteiger partial charge in [0, 0.05) is 49.8 Å². The third-order valence-corrected chi connectivity index (χ3v) is 12.8. The Kier molecular flexibility index (Phi) is 11.3. The van der Waals surface area contributed by atoms with E-state index >= 15 is 0 Å². The van der Waals surface area contributed by atoms with E-state index < -0.39 is 0 Å².